The molecule has 2 amide bonds. The van der Waals surface area contributed by atoms with E-state index in [-0.39, 0.29) is 29.8 Å². The van der Waals surface area contributed by atoms with Crippen LogP contribution in [-0.2, 0) is 42.1 Å². The fourth-order valence-corrected chi connectivity index (χ4v) is 5.39. The number of benzene rings is 1. The van der Waals surface area contributed by atoms with Crippen molar-refractivity contribution in [2.75, 3.05) is 25.5 Å². The first-order valence-corrected chi connectivity index (χ1v) is 14.9. The molecule has 224 valence electrons. The van der Waals surface area contributed by atoms with Crippen LogP contribution in [0.1, 0.15) is 30.9 Å². The number of hydrogen-bond acceptors (Lipinski definition) is 13. The Hall–Kier alpha value is -4.10. The number of fused-ring (bicyclic) bond motifs is 1. The fourth-order valence-electron chi connectivity index (χ4n) is 4.39. The molecule has 16 nitrogen and oxygen atoms in total. The highest BCUT2D eigenvalue weighted by Crippen LogP contribution is 2.33. The number of rotatable bonds is 11. The van der Waals surface area contributed by atoms with Gasteiger partial charge in [0.05, 0.1) is 16.9 Å². The molecule has 0 radical (unpaired) electrons. The summed E-state index contributed by atoms with van der Waals surface area (Å²) in [5, 5.41) is 11.8. The van der Waals surface area contributed by atoms with Gasteiger partial charge in [-0.3, -0.25) is 14.1 Å². The number of imidazole rings is 1. The van der Waals surface area contributed by atoms with Gasteiger partial charge in [-0.2, -0.15) is 13.5 Å². The number of carbonyl (C=O) groups is 2. The number of nitrogens with zero attached hydrogens (tertiary/aromatic N) is 4. The molecular weight excluding hydrogens is 592 g/mol. The van der Waals surface area contributed by atoms with Gasteiger partial charge in [-0.15, -0.1) is 15.6 Å². The highest BCUT2D eigenvalue weighted by molar-refractivity contribution is 7.80. The maximum absolute atomic E-state index is 13.1. The lowest BCUT2D eigenvalue weighted by Gasteiger charge is -2.50. The second kappa shape index (κ2) is 11.6. The van der Waals surface area contributed by atoms with Gasteiger partial charge in [-0.25, -0.2) is 9.97 Å². The lowest BCUT2D eigenvalue weighted by molar-refractivity contribution is -0.218. The third kappa shape index (κ3) is 6.36. The van der Waals surface area contributed by atoms with Gasteiger partial charge in [0.2, 0.25) is 0 Å². The number of thiazole rings is 1. The number of nitrogen functional groups attached to an aromatic ring is 1. The smallest absolute Gasteiger partial charge is 0.418 e. The first-order chi connectivity index (χ1) is 19.9. The number of aromatic amines is 1. The largest absolute Gasteiger partial charge is 0.490 e. The Morgan fingerprint density at radius 2 is 2.05 bits per heavy atom. The number of oxime groups is 1. The monoisotopic (exact) mass is 620 g/mol. The van der Waals surface area contributed by atoms with Crippen LogP contribution in [0.25, 0.3) is 11.4 Å². The van der Waals surface area contributed by atoms with Crippen molar-refractivity contribution in [3.05, 3.63) is 46.7 Å². The normalized spacial score (nSPS) is 18.3. The molecule has 1 unspecified atom stereocenters. The minimum atomic E-state index is -4.94. The zero-order valence-corrected chi connectivity index (χ0v) is 24.1. The van der Waals surface area contributed by atoms with E-state index in [2.05, 4.69) is 35.0 Å². The Morgan fingerprint density at radius 1 is 1.29 bits per heavy atom. The van der Waals surface area contributed by atoms with Gasteiger partial charge in [0.15, 0.2) is 17.5 Å². The molecule has 42 heavy (non-hydrogen) atoms. The Kier molecular flexibility index (Phi) is 8.15. The van der Waals surface area contributed by atoms with E-state index in [1.807, 2.05) is 24.3 Å². The van der Waals surface area contributed by atoms with Gasteiger partial charge in [-0.1, -0.05) is 5.16 Å². The molecule has 2 aliphatic heterocycles. The minimum absolute atomic E-state index is 0.0279. The van der Waals surface area contributed by atoms with Crippen molar-refractivity contribution in [2.45, 2.75) is 38.4 Å². The maximum Gasteiger partial charge on any atom is 0.418 e. The average Bonchev–Trinajstić information content (AvgIpc) is 3.58. The van der Waals surface area contributed by atoms with E-state index in [9.17, 15) is 18.0 Å². The molecule has 1 atom stereocenters. The molecule has 0 aliphatic carbocycles. The summed E-state index contributed by atoms with van der Waals surface area (Å²) in [7, 11) is -4.94. The summed E-state index contributed by atoms with van der Waals surface area (Å²) < 4.78 is 41.0. The minimum Gasteiger partial charge on any atom is -0.490 e. The van der Waals surface area contributed by atoms with Gasteiger partial charge >= 0.3 is 10.4 Å². The van der Waals surface area contributed by atoms with E-state index in [1.54, 1.807) is 0 Å². The average molecular weight is 621 g/mol. The van der Waals surface area contributed by atoms with Crippen molar-refractivity contribution in [3.63, 3.8) is 0 Å². The summed E-state index contributed by atoms with van der Waals surface area (Å²) in [6.45, 7) is 4.62. The number of H-pyrrole nitrogens is 1. The van der Waals surface area contributed by atoms with E-state index in [0.29, 0.717) is 10.8 Å². The maximum atomic E-state index is 13.1. The van der Waals surface area contributed by atoms with Crippen molar-refractivity contribution >= 4 is 44.4 Å². The molecule has 2 aromatic heterocycles. The van der Waals surface area contributed by atoms with E-state index in [0.717, 1.165) is 53.6 Å². The highest BCUT2D eigenvalue weighted by atomic mass is 32.3. The second-order valence-corrected chi connectivity index (χ2v) is 11.7. The van der Waals surface area contributed by atoms with Crippen LogP contribution in [0.3, 0.4) is 0 Å². The summed E-state index contributed by atoms with van der Waals surface area (Å²) in [4.78, 5) is 42.9. The Labute approximate surface area is 244 Å². The van der Waals surface area contributed by atoms with Crippen LogP contribution in [0.15, 0.2) is 34.8 Å². The van der Waals surface area contributed by atoms with E-state index in [4.69, 9.17) is 19.9 Å². The van der Waals surface area contributed by atoms with Gasteiger partial charge < -0.3 is 30.9 Å². The molecule has 5 rings (SSSR count). The summed E-state index contributed by atoms with van der Waals surface area (Å²) in [6, 6.07) is 6.21. The number of amides is 2. The van der Waals surface area contributed by atoms with E-state index >= 15 is 0 Å². The third-order valence-corrected chi connectivity index (χ3v) is 7.54. The number of carbonyl (C=O) groups excluding carboxylic acids is 2. The van der Waals surface area contributed by atoms with Crippen molar-refractivity contribution < 1.29 is 36.4 Å². The zero-order valence-electron chi connectivity index (χ0n) is 22.5. The molecule has 1 saturated heterocycles. The van der Waals surface area contributed by atoms with Crippen LogP contribution in [0.4, 0.5) is 5.13 Å². The molecule has 6 N–H and O–H groups in total. The third-order valence-electron chi connectivity index (χ3n) is 6.53. The zero-order chi connectivity index (χ0) is 30.1. The molecule has 4 heterocycles. The SMILES string of the molecule is CC1(C)C(NC(=O)C(=NOCCOc2ccc(-c3nc4c([nH]3)CNCC4)cc2)c2csc(N)n2)C(=O)N1OS(=O)(=O)O. The molecule has 3 aromatic rings. The van der Waals surface area contributed by atoms with Crippen LogP contribution < -0.4 is 21.1 Å². The Bertz CT molecular complexity index is 1590. The van der Waals surface area contributed by atoms with E-state index in [1.165, 1.54) is 19.2 Å². The Balaban J connectivity index is 1.17. The highest BCUT2D eigenvalue weighted by Gasteiger charge is 2.58. The number of nitrogens with one attached hydrogen (secondary N) is 3. The van der Waals surface area contributed by atoms with Crippen LogP contribution >= 0.6 is 11.3 Å². The van der Waals surface area contributed by atoms with Gasteiger partial charge in [0, 0.05) is 30.5 Å². The van der Waals surface area contributed by atoms with Gasteiger partial charge in [-0.05, 0) is 38.1 Å². The van der Waals surface area contributed by atoms with E-state index < -0.39 is 33.8 Å². The molecule has 18 heteroatoms. The summed E-state index contributed by atoms with van der Waals surface area (Å²) in [5.41, 5.74) is 7.34. The van der Waals surface area contributed by atoms with Crippen molar-refractivity contribution in [3.8, 4) is 17.1 Å². The lowest BCUT2D eigenvalue weighted by Crippen LogP contribution is -2.76. The first-order valence-electron chi connectivity index (χ1n) is 12.7. The molecule has 0 bridgehead atoms. The predicted molar refractivity (Wildman–Crippen MR) is 149 cm³/mol. The standard InChI is InChI=1S/C24H28N8O8S2/c1-24(2)19(22(34)32(24)40-42(35,36)37)30-21(33)18(17-12-41-23(25)29-17)31-39-10-9-38-14-5-3-13(4-6-14)20-27-15-7-8-26-11-16(15)28-20/h3-6,12,19,26H,7-11H2,1-2H3,(H2,25,29)(H,27,28)(H,30,33)(H,35,36,37). The molecular formula is C24H28N8O8S2. The molecule has 0 saturated carbocycles. The number of ether oxygens (including phenoxy) is 1. The van der Waals surface area contributed by atoms with Crippen LogP contribution in [-0.4, -0.2) is 81.9 Å². The molecule has 2 aliphatic rings. The topological polar surface area (TPSA) is 223 Å². The quantitative estimate of drug-likeness (QED) is 0.0646. The first kappa shape index (κ1) is 29.4. The van der Waals surface area contributed by atoms with Crippen LogP contribution in [0.5, 0.6) is 5.75 Å². The summed E-state index contributed by atoms with van der Waals surface area (Å²) >= 11 is 1.07. The summed E-state index contributed by atoms with van der Waals surface area (Å²) in [6.07, 6.45) is 0.885. The van der Waals surface area contributed by atoms with Crippen molar-refractivity contribution in [1.29, 1.82) is 0 Å². The van der Waals surface area contributed by atoms with Crippen molar-refractivity contribution in [2.24, 2.45) is 5.16 Å². The fraction of sp³-hybridized carbons (Fsp3) is 0.375. The summed E-state index contributed by atoms with van der Waals surface area (Å²) in [5.74, 6) is -0.332. The molecule has 1 aromatic carbocycles. The number of hydroxylamine groups is 2. The number of nitrogens with two attached hydrogens (primary N) is 1. The van der Waals surface area contributed by atoms with Crippen molar-refractivity contribution in [1.82, 2.24) is 30.6 Å². The number of anilines is 1. The number of aromatic nitrogens is 3. The molecule has 1 fully saturated rings. The Morgan fingerprint density at radius 3 is 2.69 bits per heavy atom. The number of β-lactam (4-membered cyclic amide) rings is 1. The van der Waals surface area contributed by atoms with Crippen LogP contribution in [0.2, 0.25) is 0 Å². The second-order valence-electron chi connectivity index (χ2n) is 9.85. The molecule has 0 spiro atoms. The predicted octanol–water partition coefficient (Wildman–Crippen LogP) is 0.401. The number of hydrogen-bond donors (Lipinski definition) is 5. The lowest BCUT2D eigenvalue weighted by atomic mass is 9.84. The van der Waals surface area contributed by atoms with Crippen LogP contribution in [0, 0.1) is 0 Å². The van der Waals surface area contributed by atoms with Gasteiger partial charge in [0.25, 0.3) is 11.8 Å². The van der Waals surface area contributed by atoms with Gasteiger partial charge in [0.1, 0.15) is 29.9 Å².